The molecule has 0 unspecified atom stereocenters. The zero-order valence-corrected chi connectivity index (χ0v) is 8.47. The van der Waals surface area contributed by atoms with E-state index in [2.05, 4.69) is 0 Å². The molecule has 3 nitrogen and oxygen atoms in total. The van der Waals surface area contributed by atoms with E-state index in [4.69, 9.17) is 9.84 Å². The molecule has 4 heteroatoms. The number of hydrogen-bond acceptors (Lipinski definition) is 4. The molecule has 0 aliphatic rings. The summed E-state index contributed by atoms with van der Waals surface area (Å²) in [6.07, 6.45) is 0. The Morgan fingerprint density at radius 2 is 2.21 bits per heavy atom. The molecular weight excluding hydrogens is 200 g/mol. The third-order valence-electron chi connectivity index (χ3n) is 2.10. The Morgan fingerprint density at radius 1 is 1.43 bits per heavy atom. The summed E-state index contributed by atoms with van der Waals surface area (Å²) in [7, 11) is 1.58. The number of ether oxygens (including phenoxy) is 1. The summed E-state index contributed by atoms with van der Waals surface area (Å²) in [6, 6.07) is 5.12. The largest absolute Gasteiger partial charge is 0.506 e. The molecule has 0 spiro atoms. The lowest BCUT2D eigenvalue weighted by Crippen LogP contribution is -1.82. The molecule has 0 fully saturated rings. The fraction of sp³-hybridized carbons (Fsp3) is 0.200. The molecule has 74 valence electrons. The van der Waals surface area contributed by atoms with E-state index in [9.17, 15) is 5.11 Å². The van der Waals surface area contributed by atoms with Crippen molar-refractivity contribution in [3.8, 4) is 10.8 Å². The zero-order valence-electron chi connectivity index (χ0n) is 7.65. The molecule has 0 saturated carbocycles. The number of thiophene rings is 1. The van der Waals surface area contributed by atoms with E-state index in [-0.39, 0.29) is 12.4 Å². The van der Waals surface area contributed by atoms with Crippen LogP contribution in [0.25, 0.3) is 10.1 Å². The van der Waals surface area contributed by atoms with Gasteiger partial charge in [-0.15, -0.1) is 0 Å². The Hall–Kier alpha value is -1.26. The molecular formula is C10H10O3S. The zero-order chi connectivity index (χ0) is 10.1. The molecule has 0 amide bonds. The highest BCUT2D eigenvalue weighted by molar-refractivity contribution is 7.21. The first-order chi connectivity index (χ1) is 6.76. The van der Waals surface area contributed by atoms with Gasteiger partial charge in [-0.3, -0.25) is 0 Å². The Labute approximate surface area is 85.2 Å². The average molecular weight is 210 g/mol. The fourth-order valence-corrected chi connectivity index (χ4v) is 2.31. The van der Waals surface area contributed by atoms with Crippen molar-refractivity contribution < 1.29 is 14.9 Å². The van der Waals surface area contributed by atoms with Crippen molar-refractivity contribution in [3.63, 3.8) is 0 Å². The Bertz CT molecular complexity index is 462. The van der Waals surface area contributed by atoms with Gasteiger partial charge in [-0.2, -0.15) is 0 Å². The number of benzene rings is 1. The third kappa shape index (κ3) is 1.32. The number of hydrogen-bond donors (Lipinski definition) is 2. The van der Waals surface area contributed by atoms with Crippen molar-refractivity contribution in [2.45, 2.75) is 6.61 Å². The Morgan fingerprint density at radius 3 is 2.86 bits per heavy atom. The summed E-state index contributed by atoms with van der Waals surface area (Å²) < 4.78 is 5.84. The smallest absolute Gasteiger partial charge is 0.174 e. The predicted molar refractivity (Wildman–Crippen MR) is 56.0 cm³/mol. The molecule has 0 bridgehead atoms. The minimum Gasteiger partial charge on any atom is -0.506 e. The highest BCUT2D eigenvalue weighted by atomic mass is 32.1. The van der Waals surface area contributed by atoms with Crippen LogP contribution in [0, 0.1) is 0 Å². The van der Waals surface area contributed by atoms with Crippen LogP contribution >= 0.6 is 11.3 Å². The standard InChI is InChI=1S/C10H10O3S/c1-13-9-4-7-6(5-11)2-3-8(12)10(7)14-9/h2-4,11-12H,5H2,1H3. The van der Waals surface area contributed by atoms with Gasteiger partial charge in [-0.1, -0.05) is 17.4 Å². The molecule has 0 radical (unpaired) electrons. The molecule has 2 N–H and O–H groups in total. The first-order valence-corrected chi connectivity index (χ1v) is 4.97. The van der Waals surface area contributed by atoms with E-state index < -0.39 is 0 Å². The van der Waals surface area contributed by atoms with Crippen LogP contribution < -0.4 is 4.74 Å². The summed E-state index contributed by atoms with van der Waals surface area (Å²) in [5.41, 5.74) is 0.803. The maximum absolute atomic E-state index is 9.57. The summed E-state index contributed by atoms with van der Waals surface area (Å²) in [6.45, 7) is -0.0311. The molecule has 0 aliphatic heterocycles. The van der Waals surface area contributed by atoms with Crippen molar-refractivity contribution in [2.24, 2.45) is 0 Å². The van der Waals surface area contributed by atoms with Crippen LogP contribution in [0.3, 0.4) is 0 Å². The Kier molecular flexibility index (Phi) is 2.31. The van der Waals surface area contributed by atoms with Gasteiger partial charge in [0.15, 0.2) is 5.06 Å². The lowest BCUT2D eigenvalue weighted by Gasteiger charge is -1.99. The lowest BCUT2D eigenvalue weighted by molar-refractivity contribution is 0.283. The van der Waals surface area contributed by atoms with Crippen LogP contribution in [-0.4, -0.2) is 17.3 Å². The number of phenolic OH excluding ortho intramolecular Hbond substituents is 1. The van der Waals surface area contributed by atoms with Crippen LogP contribution in [0.1, 0.15) is 5.56 Å². The van der Waals surface area contributed by atoms with Crippen molar-refractivity contribution in [2.75, 3.05) is 7.11 Å². The highest BCUT2D eigenvalue weighted by Crippen LogP contribution is 2.38. The van der Waals surface area contributed by atoms with Gasteiger partial charge in [-0.25, -0.2) is 0 Å². The van der Waals surface area contributed by atoms with Gasteiger partial charge in [0.2, 0.25) is 0 Å². The second kappa shape index (κ2) is 3.48. The molecule has 0 aliphatic carbocycles. The number of aliphatic hydroxyl groups is 1. The third-order valence-corrected chi connectivity index (χ3v) is 3.22. The molecule has 1 aromatic carbocycles. The second-order valence-electron chi connectivity index (χ2n) is 2.91. The van der Waals surface area contributed by atoms with Crippen LogP contribution in [-0.2, 0) is 6.61 Å². The van der Waals surface area contributed by atoms with Crippen molar-refractivity contribution in [1.82, 2.24) is 0 Å². The van der Waals surface area contributed by atoms with Crippen LogP contribution in [0.2, 0.25) is 0 Å². The number of rotatable bonds is 2. The molecule has 2 aromatic rings. The summed E-state index contributed by atoms with van der Waals surface area (Å²) in [4.78, 5) is 0. The van der Waals surface area contributed by atoms with Crippen LogP contribution in [0.15, 0.2) is 18.2 Å². The van der Waals surface area contributed by atoms with Gasteiger partial charge in [-0.05, 0) is 11.6 Å². The predicted octanol–water partition coefficient (Wildman–Crippen LogP) is 2.11. The Balaban J connectivity index is 2.74. The van der Waals surface area contributed by atoms with Gasteiger partial charge in [0.25, 0.3) is 0 Å². The first-order valence-electron chi connectivity index (χ1n) is 4.15. The minimum absolute atomic E-state index is 0.0311. The summed E-state index contributed by atoms with van der Waals surface area (Å²) in [5, 5.41) is 20.3. The number of fused-ring (bicyclic) bond motifs is 1. The van der Waals surface area contributed by atoms with Crippen molar-refractivity contribution in [1.29, 1.82) is 0 Å². The monoisotopic (exact) mass is 210 g/mol. The normalized spacial score (nSPS) is 10.7. The van der Waals surface area contributed by atoms with Gasteiger partial charge in [0, 0.05) is 11.5 Å². The second-order valence-corrected chi connectivity index (χ2v) is 3.93. The quantitative estimate of drug-likeness (QED) is 0.798. The van der Waals surface area contributed by atoms with Crippen molar-refractivity contribution >= 4 is 21.4 Å². The maximum Gasteiger partial charge on any atom is 0.174 e. The van der Waals surface area contributed by atoms with Crippen molar-refractivity contribution in [3.05, 3.63) is 23.8 Å². The van der Waals surface area contributed by atoms with E-state index in [1.165, 1.54) is 11.3 Å². The SMILES string of the molecule is COc1cc2c(CO)ccc(O)c2s1. The molecule has 2 rings (SSSR count). The number of aliphatic hydroxyl groups excluding tert-OH is 1. The maximum atomic E-state index is 9.57. The van der Waals surface area contributed by atoms with E-state index in [1.54, 1.807) is 19.2 Å². The molecule has 0 saturated heterocycles. The van der Waals surface area contributed by atoms with Crippen LogP contribution in [0.4, 0.5) is 0 Å². The average Bonchev–Trinajstić information content (AvgIpc) is 2.63. The highest BCUT2D eigenvalue weighted by Gasteiger charge is 2.09. The lowest BCUT2D eigenvalue weighted by atomic mass is 10.1. The van der Waals surface area contributed by atoms with E-state index in [0.717, 1.165) is 20.7 Å². The van der Waals surface area contributed by atoms with E-state index in [0.29, 0.717) is 0 Å². The summed E-state index contributed by atoms with van der Waals surface area (Å²) in [5.74, 6) is 0.227. The first kappa shape index (κ1) is 9.30. The fourth-order valence-electron chi connectivity index (χ4n) is 1.38. The number of aromatic hydroxyl groups is 1. The molecule has 0 atom stereocenters. The van der Waals surface area contributed by atoms with Gasteiger partial charge >= 0.3 is 0 Å². The van der Waals surface area contributed by atoms with Crippen LogP contribution in [0.5, 0.6) is 10.8 Å². The topological polar surface area (TPSA) is 49.7 Å². The minimum atomic E-state index is -0.0311. The molecule has 14 heavy (non-hydrogen) atoms. The molecule has 1 aromatic heterocycles. The number of methoxy groups -OCH3 is 1. The molecule has 1 heterocycles. The van der Waals surface area contributed by atoms with E-state index >= 15 is 0 Å². The van der Waals surface area contributed by atoms with Gasteiger partial charge in [0.1, 0.15) is 5.75 Å². The number of phenols is 1. The van der Waals surface area contributed by atoms with E-state index in [1.807, 2.05) is 6.07 Å². The van der Waals surface area contributed by atoms with Gasteiger partial charge in [0.05, 0.1) is 18.4 Å². The summed E-state index contributed by atoms with van der Waals surface area (Å²) >= 11 is 1.37. The van der Waals surface area contributed by atoms with Gasteiger partial charge < -0.3 is 14.9 Å².